The Balaban J connectivity index is 2.16. The highest BCUT2D eigenvalue weighted by atomic mass is 35.5. The number of hydrogen-bond acceptors (Lipinski definition) is 2. The van der Waals surface area contributed by atoms with E-state index in [1.54, 1.807) is 13.2 Å². The summed E-state index contributed by atoms with van der Waals surface area (Å²) in [5.74, 6) is -0.200. The van der Waals surface area contributed by atoms with Crippen LogP contribution in [0.2, 0.25) is 0 Å². The first-order chi connectivity index (χ1) is 7.72. The zero-order chi connectivity index (χ0) is 11.8. The molecular formula is C12H17ClFNO. The van der Waals surface area contributed by atoms with Crippen LogP contribution in [0, 0.1) is 5.82 Å². The minimum Gasteiger partial charge on any atom is -0.383 e. The van der Waals surface area contributed by atoms with Crippen molar-refractivity contribution in [1.82, 2.24) is 5.32 Å². The Bertz CT molecular complexity index is 309. The quantitative estimate of drug-likeness (QED) is 0.589. The molecular weight excluding hydrogens is 229 g/mol. The molecule has 90 valence electrons. The fourth-order valence-corrected chi connectivity index (χ4v) is 1.64. The summed E-state index contributed by atoms with van der Waals surface area (Å²) in [5, 5.41) is 3.24. The lowest BCUT2D eigenvalue weighted by atomic mass is 10.2. The van der Waals surface area contributed by atoms with Crippen molar-refractivity contribution in [3.8, 4) is 0 Å². The molecule has 0 aliphatic heterocycles. The van der Waals surface area contributed by atoms with Crippen molar-refractivity contribution in [2.75, 3.05) is 20.3 Å². The standard InChI is InChI=1S/C12H17ClFNO/c1-16-9-11(13)5-6-15-8-10-3-2-4-12(14)7-10/h2-4,7,11,15H,5-6,8-9H2,1H3. The Hall–Kier alpha value is -0.640. The van der Waals surface area contributed by atoms with Crippen molar-refractivity contribution in [2.45, 2.75) is 18.3 Å². The van der Waals surface area contributed by atoms with Gasteiger partial charge >= 0.3 is 0 Å². The molecule has 0 radical (unpaired) electrons. The second kappa shape index (κ2) is 7.60. The van der Waals surface area contributed by atoms with Gasteiger partial charge in [-0.2, -0.15) is 0 Å². The van der Waals surface area contributed by atoms with Gasteiger partial charge in [-0.25, -0.2) is 4.39 Å². The van der Waals surface area contributed by atoms with Gasteiger partial charge in [0.1, 0.15) is 5.82 Å². The van der Waals surface area contributed by atoms with Gasteiger partial charge in [0.25, 0.3) is 0 Å². The van der Waals surface area contributed by atoms with Gasteiger partial charge in [0.2, 0.25) is 0 Å². The molecule has 0 aromatic heterocycles. The average Bonchev–Trinajstić information content (AvgIpc) is 2.25. The zero-order valence-electron chi connectivity index (χ0n) is 9.38. The van der Waals surface area contributed by atoms with Crippen molar-refractivity contribution < 1.29 is 9.13 Å². The SMILES string of the molecule is COCC(Cl)CCNCc1cccc(F)c1. The molecule has 16 heavy (non-hydrogen) atoms. The van der Waals surface area contributed by atoms with Crippen molar-refractivity contribution >= 4 is 11.6 Å². The van der Waals surface area contributed by atoms with Gasteiger partial charge in [-0.1, -0.05) is 12.1 Å². The van der Waals surface area contributed by atoms with Crippen LogP contribution in [0.1, 0.15) is 12.0 Å². The van der Waals surface area contributed by atoms with Gasteiger partial charge in [-0.05, 0) is 30.7 Å². The van der Waals surface area contributed by atoms with Crippen LogP contribution < -0.4 is 5.32 Å². The Morgan fingerprint density at radius 3 is 3.00 bits per heavy atom. The van der Waals surface area contributed by atoms with Crippen LogP contribution in [0.3, 0.4) is 0 Å². The number of ether oxygens (including phenoxy) is 1. The molecule has 1 unspecified atom stereocenters. The monoisotopic (exact) mass is 245 g/mol. The van der Waals surface area contributed by atoms with Crippen LogP contribution in [0.4, 0.5) is 4.39 Å². The van der Waals surface area contributed by atoms with Gasteiger partial charge < -0.3 is 10.1 Å². The summed E-state index contributed by atoms with van der Waals surface area (Å²) < 4.78 is 17.8. The van der Waals surface area contributed by atoms with Crippen LogP contribution in [-0.4, -0.2) is 25.6 Å². The minimum absolute atomic E-state index is 0.0324. The number of hydrogen-bond donors (Lipinski definition) is 1. The third kappa shape index (κ3) is 5.45. The highest BCUT2D eigenvalue weighted by Gasteiger charge is 2.02. The van der Waals surface area contributed by atoms with Crippen LogP contribution in [-0.2, 0) is 11.3 Å². The molecule has 1 rings (SSSR count). The first-order valence-corrected chi connectivity index (χ1v) is 5.74. The predicted molar refractivity (Wildman–Crippen MR) is 64.2 cm³/mol. The summed E-state index contributed by atoms with van der Waals surface area (Å²) in [7, 11) is 1.63. The van der Waals surface area contributed by atoms with E-state index < -0.39 is 0 Å². The van der Waals surface area contributed by atoms with E-state index in [0.29, 0.717) is 13.2 Å². The van der Waals surface area contributed by atoms with E-state index in [-0.39, 0.29) is 11.2 Å². The third-order valence-corrected chi connectivity index (χ3v) is 2.54. The van der Waals surface area contributed by atoms with Gasteiger partial charge in [0.05, 0.1) is 12.0 Å². The molecule has 1 aromatic rings. The molecule has 0 heterocycles. The highest BCUT2D eigenvalue weighted by molar-refractivity contribution is 6.20. The number of halogens is 2. The van der Waals surface area contributed by atoms with E-state index in [1.165, 1.54) is 12.1 Å². The summed E-state index contributed by atoms with van der Waals surface area (Å²) >= 11 is 5.96. The van der Waals surface area contributed by atoms with Crippen LogP contribution in [0.15, 0.2) is 24.3 Å². The molecule has 0 bridgehead atoms. The average molecular weight is 246 g/mol. The van der Waals surface area contributed by atoms with Crippen LogP contribution in [0.25, 0.3) is 0 Å². The fourth-order valence-electron chi connectivity index (χ4n) is 1.40. The van der Waals surface area contributed by atoms with E-state index in [0.717, 1.165) is 18.5 Å². The lowest BCUT2D eigenvalue weighted by Gasteiger charge is -2.09. The molecule has 0 amide bonds. The zero-order valence-corrected chi connectivity index (χ0v) is 10.1. The lowest BCUT2D eigenvalue weighted by Crippen LogP contribution is -2.20. The van der Waals surface area contributed by atoms with Crippen molar-refractivity contribution in [2.24, 2.45) is 0 Å². The fraction of sp³-hybridized carbons (Fsp3) is 0.500. The number of nitrogens with one attached hydrogen (secondary N) is 1. The maximum absolute atomic E-state index is 12.8. The van der Waals surface area contributed by atoms with Gasteiger partial charge in [-0.3, -0.25) is 0 Å². The summed E-state index contributed by atoms with van der Waals surface area (Å²) in [6, 6.07) is 6.57. The number of benzene rings is 1. The number of rotatable bonds is 7. The lowest BCUT2D eigenvalue weighted by molar-refractivity contribution is 0.195. The molecule has 1 N–H and O–H groups in total. The molecule has 0 saturated carbocycles. The van der Waals surface area contributed by atoms with Crippen molar-refractivity contribution in [3.05, 3.63) is 35.6 Å². The maximum atomic E-state index is 12.8. The molecule has 1 aromatic carbocycles. The predicted octanol–water partition coefficient (Wildman–Crippen LogP) is 2.56. The van der Waals surface area contributed by atoms with E-state index >= 15 is 0 Å². The van der Waals surface area contributed by atoms with Crippen LogP contribution >= 0.6 is 11.6 Å². The summed E-state index contributed by atoms with van der Waals surface area (Å²) in [5.41, 5.74) is 0.942. The molecule has 0 saturated heterocycles. The minimum atomic E-state index is -0.200. The summed E-state index contributed by atoms with van der Waals surface area (Å²) in [4.78, 5) is 0. The molecule has 4 heteroatoms. The van der Waals surface area contributed by atoms with Crippen molar-refractivity contribution in [3.63, 3.8) is 0 Å². The third-order valence-electron chi connectivity index (χ3n) is 2.20. The topological polar surface area (TPSA) is 21.3 Å². The van der Waals surface area contributed by atoms with Gasteiger partial charge in [0.15, 0.2) is 0 Å². The largest absolute Gasteiger partial charge is 0.383 e. The molecule has 0 fully saturated rings. The van der Waals surface area contributed by atoms with Gasteiger partial charge in [-0.15, -0.1) is 11.6 Å². The second-order valence-electron chi connectivity index (χ2n) is 3.65. The summed E-state index contributed by atoms with van der Waals surface area (Å²) in [6.45, 7) is 2.02. The van der Waals surface area contributed by atoms with Crippen molar-refractivity contribution in [1.29, 1.82) is 0 Å². The summed E-state index contributed by atoms with van der Waals surface area (Å²) in [6.07, 6.45) is 0.838. The maximum Gasteiger partial charge on any atom is 0.123 e. The van der Waals surface area contributed by atoms with E-state index in [2.05, 4.69) is 5.32 Å². The molecule has 0 aliphatic carbocycles. The smallest absolute Gasteiger partial charge is 0.123 e. The molecule has 0 aliphatic rings. The van der Waals surface area contributed by atoms with E-state index in [4.69, 9.17) is 16.3 Å². The highest BCUT2D eigenvalue weighted by Crippen LogP contribution is 2.04. The second-order valence-corrected chi connectivity index (χ2v) is 4.27. The Morgan fingerprint density at radius 1 is 1.50 bits per heavy atom. The first-order valence-electron chi connectivity index (χ1n) is 5.30. The molecule has 1 atom stereocenters. The van der Waals surface area contributed by atoms with Gasteiger partial charge in [0, 0.05) is 13.7 Å². The Morgan fingerprint density at radius 2 is 2.31 bits per heavy atom. The Labute approximate surface area is 101 Å². The van der Waals surface area contributed by atoms with Crippen LogP contribution in [0.5, 0.6) is 0 Å². The normalized spacial score (nSPS) is 12.7. The number of alkyl halides is 1. The molecule has 0 spiro atoms. The van der Waals surface area contributed by atoms with E-state index in [1.807, 2.05) is 6.07 Å². The van der Waals surface area contributed by atoms with E-state index in [9.17, 15) is 4.39 Å². The molecule has 2 nitrogen and oxygen atoms in total. The first kappa shape index (κ1) is 13.4. The number of methoxy groups -OCH3 is 1. The Kier molecular flexibility index (Phi) is 6.38.